The summed E-state index contributed by atoms with van der Waals surface area (Å²) < 4.78 is 4.69. The average molecular weight is 114 g/mol. The van der Waals surface area contributed by atoms with Crippen LogP contribution in [0.25, 0.3) is 0 Å². The molecule has 8 heavy (non-hydrogen) atoms. The molecule has 0 fully saturated rings. The molecule has 0 saturated heterocycles. The molecule has 0 bridgehead atoms. The van der Waals surface area contributed by atoms with E-state index >= 15 is 0 Å². The molecule has 3 heteroatoms. The maximum absolute atomic E-state index is 4.95. The molecule has 0 aromatic carbocycles. The van der Waals surface area contributed by atoms with E-state index in [4.69, 9.17) is 5.73 Å². The van der Waals surface area contributed by atoms with Gasteiger partial charge < -0.3 is 10.5 Å². The van der Waals surface area contributed by atoms with E-state index in [1.165, 1.54) is 6.34 Å². The number of rotatable bonds is 3. The Bertz CT molecular complexity index is 98.6. The Morgan fingerprint density at radius 1 is 2.00 bits per heavy atom. The smallest absolute Gasteiger partial charge is 0.0878 e. The Morgan fingerprint density at radius 2 is 2.62 bits per heavy atom. The van der Waals surface area contributed by atoms with Crippen molar-refractivity contribution < 1.29 is 4.74 Å². The number of nitrogens with two attached hydrogens (primary N) is 1. The van der Waals surface area contributed by atoms with E-state index in [0.717, 1.165) is 0 Å². The molecule has 0 rings (SSSR count). The van der Waals surface area contributed by atoms with Gasteiger partial charge in [0.25, 0.3) is 0 Å². The van der Waals surface area contributed by atoms with Crippen LogP contribution < -0.4 is 5.73 Å². The first-order chi connectivity index (χ1) is 3.81. The van der Waals surface area contributed by atoms with Gasteiger partial charge in [-0.1, -0.05) is 6.58 Å². The summed E-state index contributed by atoms with van der Waals surface area (Å²) in [5.74, 6) is 0. The van der Waals surface area contributed by atoms with Gasteiger partial charge in [-0.3, -0.25) is 0 Å². The van der Waals surface area contributed by atoms with Gasteiger partial charge in [-0.15, -0.1) is 0 Å². The van der Waals surface area contributed by atoms with E-state index in [0.29, 0.717) is 12.3 Å². The van der Waals surface area contributed by atoms with Crippen LogP contribution in [0.5, 0.6) is 0 Å². The summed E-state index contributed by atoms with van der Waals surface area (Å²) in [6.45, 7) is 3.97. The highest BCUT2D eigenvalue weighted by Crippen LogP contribution is 1.88. The Morgan fingerprint density at radius 3 is 3.00 bits per heavy atom. The van der Waals surface area contributed by atoms with E-state index in [2.05, 4.69) is 16.3 Å². The second kappa shape index (κ2) is 4.33. The third kappa shape index (κ3) is 3.36. The summed E-state index contributed by atoms with van der Waals surface area (Å²) in [4.78, 5) is 3.65. The Balaban J connectivity index is 3.33. The van der Waals surface area contributed by atoms with Gasteiger partial charge in [0.1, 0.15) is 0 Å². The zero-order chi connectivity index (χ0) is 6.41. The lowest BCUT2D eigenvalue weighted by atomic mass is 10.5. The van der Waals surface area contributed by atoms with Crippen LogP contribution in [0.1, 0.15) is 0 Å². The van der Waals surface area contributed by atoms with Crippen molar-refractivity contribution in [3.8, 4) is 0 Å². The third-order valence-corrected chi connectivity index (χ3v) is 0.568. The molecule has 0 aromatic heterocycles. The van der Waals surface area contributed by atoms with Gasteiger partial charge in [0.15, 0.2) is 0 Å². The minimum Gasteiger partial charge on any atom is -0.390 e. The first-order valence-corrected chi connectivity index (χ1v) is 2.22. The molecule has 0 amide bonds. The van der Waals surface area contributed by atoms with Gasteiger partial charge in [-0.25, -0.2) is 4.99 Å². The first-order valence-electron chi connectivity index (χ1n) is 2.22. The fraction of sp³-hybridized carbons (Fsp3) is 0.400. The molecule has 0 radical (unpaired) electrons. The minimum absolute atomic E-state index is 0.438. The molecule has 46 valence electrons. The highest BCUT2D eigenvalue weighted by molar-refractivity contribution is 5.53. The lowest BCUT2D eigenvalue weighted by Crippen LogP contribution is -1.94. The molecule has 3 nitrogen and oxygen atoms in total. The number of ether oxygens (including phenoxy) is 1. The van der Waals surface area contributed by atoms with Crippen LogP contribution in [0.15, 0.2) is 17.3 Å². The van der Waals surface area contributed by atoms with E-state index in [1.807, 2.05) is 0 Å². The van der Waals surface area contributed by atoms with Crippen LogP contribution in [0.4, 0.5) is 0 Å². The lowest BCUT2D eigenvalue weighted by molar-refractivity contribution is 0.225. The molecule has 2 N–H and O–H groups in total. The number of hydrogen-bond donors (Lipinski definition) is 1. The number of hydrogen-bond acceptors (Lipinski definition) is 2. The van der Waals surface area contributed by atoms with Crippen LogP contribution in [0.3, 0.4) is 0 Å². The Labute approximate surface area is 48.9 Å². The van der Waals surface area contributed by atoms with Gasteiger partial charge in [0.2, 0.25) is 0 Å². The monoisotopic (exact) mass is 114 g/mol. The second-order valence-electron chi connectivity index (χ2n) is 1.28. The molecular weight excluding hydrogens is 104 g/mol. The van der Waals surface area contributed by atoms with Crippen molar-refractivity contribution in [3.05, 3.63) is 12.3 Å². The molecular formula is C5H10N2O. The van der Waals surface area contributed by atoms with Crippen molar-refractivity contribution in [1.82, 2.24) is 0 Å². The van der Waals surface area contributed by atoms with Crippen LogP contribution in [0, 0.1) is 0 Å². The lowest BCUT2D eigenvalue weighted by Gasteiger charge is -1.92. The number of methoxy groups -OCH3 is 1. The molecule has 0 saturated carbocycles. The van der Waals surface area contributed by atoms with Crippen LogP contribution in [-0.4, -0.2) is 20.1 Å². The zero-order valence-corrected chi connectivity index (χ0v) is 4.92. The molecule has 0 spiro atoms. The SMILES string of the molecule is C=C(COC)N=CN. The van der Waals surface area contributed by atoms with Gasteiger partial charge in [-0.2, -0.15) is 0 Å². The van der Waals surface area contributed by atoms with Crippen molar-refractivity contribution >= 4 is 6.34 Å². The molecule has 0 atom stereocenters. The quantitative estimate of drug-likeness (QED) is 0.419. The highest BCUT2D eigenvalue weighted by Gasteiger charge is 1.82. The fourth-order valence-electron chi connectivity index (χ4n) is 0.309. The molecule has 0 aromatic rings. The molecule has 0 unspecified atom stereocenters. The molecule has 0 aliphatic rings. The largest absolute Gasteiger partial charge is 0.390 e. The van der Waals surface area contributed by atoms with Crippen molar-refractivity contribution in [2.45, 2.75) is 0 Å². The number of nitrogens with zero attached hydrogens (tertiary/aromatic N) is 1. The summed E-state index contributed by atoms with van der Waals surface area (Å²) >= 11 is 0. The molecule has 0 aliphatic heterocycles. The van der Waals surface area contributed by atoms with E-state index in [9.17, 15) is 0 Å². The summed E-state index contributed by atoms with van der Waals surface area (Å²) in [6.07, 6.45) is 1.20. The average Bonchev–Trinajstić information content (AvgIpc) is 1.68. The Hall–Kier alpha value is -0.830. The topological polar surface area (TPSA) is 47.6 Å². The van der Waals surface area contributed by atoms with Gasteiger partial charge in [0.05, 0.1) is 18.6 Å². The maximum Gasteiger partial charge on any atom is 0.0878 e. The maximum atomic E-state index is 4.95. The van der Waals surface area contributed by atoms with Gasteiger partial charge in [0, 0.05) is 7.11 Å². The standard InChI is InChI=1S/C5H10N2O/c1-5(3-8-2)7-4-6/h4H,1,3H2,2H3,(H2,6,7). The van der Waals surface area contributed by atoms with Gasteiger partial charge >= 0.3 is 0 Å². The molecule has 0 heterocycles. The number of aliphatic imine (C=N–C) groups is 1. The van der Waals surface area contributed by atoms with Crippen LogP contribution in [-0.2, 0) is 4.74 Å². The zero-order valence-electron chi connectivity index (χ0n) is 4.92. The predicted octanol–water partition coefficient (Wildman–Crippen LogP) is 0.134. The van der Waals surface area contributed by atoms with Crippen LogP contribution in [0.2, 0.25) is 0 Å². The van der Waals surface area contributed by atoms with Crippen LogP contribution >= 0.6 is 0 Å². The van der Waals surface area contributed by atoms with Crippen molar-refractivity contribution in [3.63, 3.8) is 0 Å². The second-order valence-corrected chi connectivity index (χ2v) is 1.28. The summed E-state index contributed by atoms with van der Waals surface area (Å²) in [7, 11) is 1.58. The van der Waals surface area contributed by atoms with E-state index < -0.39 is 0 Å². The fourth-order valence-corrected chi connectivity index (χ4v) is 0.309. The first kappa shape index (κ1) is 7.17. The van der Waals surface area contributed by atoms with E-state index in [-0.39, 0.29) is 0 Å². The summed E-state index contributed by atoms with van der Waals surface area (Å²) in [6, 6.07) is 0. The third-order valence-electron chi connectivity index (χ3n) is 0.568. The van der Waals surface area contributed by atoms with E-state index in [1.54, 1.807) is 7.11 Å². The Kier molecular flexibility index (Phi) is 3.88. The highest BCUT2D eigenvalue weighted by atomic mass is 16.5. The molecule has 0 aliphatic carbocycles. The predicted molar refractivity (Wildman–Crippen MR) is 33.7 cm³/mol. The van der Waals surface area contributed by atoms with Crippen molar-refractivity contribution in [2.75, 3.05) is 13.7 Å². The van der Waals surface area contributed by atoms with Crippen molar-refractivity contribution in [1.29, 1.82) is 0 Å². The van der Waals surface area contributed by atoms with Gasteiger partial charge in [-0.05, 0) is 0 Å². The summed E-state index contributed by atoms with van der Waals surface area (Å²) in [5.41, 5.74) is 5.59. The van der Waals surface area contributed by atoms with Crippen molar-refractivity contribution in [2.24, 2.45) is 10.7 Å². The minimum atomic E-state index is 0.438. The normalized spacial score (nSPS) is 10.1. The summed E-state index contributed by atoms with van der Waals surface area (Å²) in [5, 5.41) is 0.